The van der Waals surface area contributed by atoms with Gasteiger partial charge in [0.25, 0.3) is 0 Å². The lowest BCUT2D eigenvalue weighted by Gasteiger charge is -2.27. The second-order valence-electron chi connectivity index (χ2n) is 6.60. The van der Waals surface area contributed by atoms with E-state index in [9.17, 15) is 4.79 Å². The molecule has 2 bridgehead atoms. The molecule has 4 unspecified atom stereocenters. The standard InChI is InChI=1S/C16H26N4O.2ClH/c1-11-18-7-9-20(11)8-3-2-6-19-16(21)14-12-4-5-13(10-12)15(14)17;;/h7,9,12-15H,2-6,8,10,17H2,1H3,(H,19,21);2*1H. The van der Waals surface area contributed by atoms with E-state index in [2.05, 4.69) is 14.9 Å². The zero-order valence-corrected chi connectivity index (χ0v) is 15.2. The van der Waals surface area contributed by atoms with Crippen LogP contribution in [-0.2, 0) is 11.3 Å². The number of halogens is 2. The van der Waals surface area contributed by atoms with Crippen LogP contribution in [0.4, 0.5) is 0 Å². The Balaban J connectivity index is 0.00000132. The largest absolute Gasteiger partial charge is 0.356 e. The van der Waals surface area contributed by atoms with Crippen molar-refractivity contribution in [1.29, 1.82) is 0 Å². The molecule has 0 radical (unpaired) electrons. The van der Waals surface area contributed by atoms with Gasteiger partial charge in [-0.3, -0.25) is 4.79 Å². The Bertz CT molecular complexity index is 506. The van der Waals surface area contributed by atoms with E-state index in [4.69, 9.17) is 5.73 Å². The summed E-state index contributed by atoms with van der Waals surface area (Å²) in [5, 5.41) is 3.09. The van der Waals surface area contributed by atoms with Crippen LogP contribution in [0, 0.1) is 24.7 Å². The maximum atomic E-state index is 12.3. The van der Waals surface area contributed by atoms with Gasteiger partial charge in [-0.2, -0.15) is 0 Å². The SMILES string of the molecule is Cc1nccn1CCCCNC(=O)C1C2CCC(C2)C1N.Cl.Cl. The van der Waals surface area contributed by atoms with E-state index in [1.54, 1.807) is 0 Å². The first-order valence-corrected chi connectivity index (χ1v) is 8.18. The predicted octanol–water partition coefficient (Wildman–Crippen LogP) is 2.30. The molecule has 2 fully saturated rings. The summed E-state index contributed by atoms with van der Waals surface area (Å²) in [4.78, 5) is 16.5. The predicted molar refractivity (Wildman–Crippen MR) is 96.0 cm³/mol. The molecule has 2 aliphatic carbocycles. The van der Waals surface area contributed by atoms with Gasteiger partial charge in [-0.25, -0.2) is 4.98 Å². The summed E-state index contributed by atoms with van der Waals surface area (Å²) in [7, 11) is 0. The lowest BCUT2D eigenvalue weighted by Crippen LogP contribution is -2.45. The van der Waals surface area contributed by atoms with Gasteiger partial charge in [0.15, 0.2) is 0 Å². The molecule has 1 heterocycles. The molecule has 1 amide bonds. The molecule has 2 saturated carbocycles. The number of unbranched alkanes of at least 4 members (excludes halogenated alkanes) is 1. The number of nitrogens with one attached hydrogen (secondary N) is 1. The van der Waals surface area contributed by atoms with E-state index in [1.165, 1.54) is 19.3 Å². The molecule has 1 aromatic rings. The number of amides is 1. The number of aromatic nitrogens is 2. The van der Waals surface area contributed by atoms with Gasteiger partial charge in [-0.05, 0) is 50.9 Å². The van der Waals surface area contributed by atoms with Crippen LogP contribution in [0.25, 0.3) is 0 Å². The number of nitrogens with zero attached hydrogens (tertiary/aromatic N) is 2. The molecule has 1 aromatic heterocycles. The van der Waals surface area contributed by atoms with Crippen molar-refractivity contribution in [1.82, 2.24) is 14.9 Å². The molecule has 23 heavy (non-hydrogen) atoms. The Labute approximate surface area is 150 Å². The van der Waals surface area contributed by atoms with Gasteiger partial charge in [0.1, 0.15) is 5.82 Å². The highest BCUT2D eigenvalue weighted by atomic mass is 35.5. The van der Waals surface area contributed by atoms with Crippen molar-refractivity contribution in [3.63, 3.8) is 0 Å². The molecule has 7 heteroatoms. The van der Waals surface area contributed by atoms with Crippen molar-refractivity contribution in [3.8, 4) is 0 Å². The summed E-state index contributed by atoms with van der Waals surface area (Å²) < 4.78 is 2.15. The van der Waals surface area contributed by atoms with Crippen LogP contribution in [0.3, 0.4) is 0 Å². The number of fused-ring (bicyclic) bond motifs is 2. The fourth-order valence-corrected chi connectivity index (χ4v) is 4.10. The van der Waals surface area contributed by atoms with Crippen LogP contribution in [0.1, 0.15) is 37.9 Å². The quantitative estimate of drug-likeness (QED) is 0.762. The van der Waals surface area contributed by atoms with Crippen molar-refractivity contribution in [2.45, 2.75) is 51.6 Å². The number of hydrogen-bond donors (Lipinski definition) is 2. The van der Waals surface area contributed by atoms with Gasteiger partial charge in [-0.15, -0.1) is 24.8 Å². The third-order valence-electron chi connectivity index (χ3n) is 5.33. The first-order valence-electron chi connectivity index (χ1n) is 8.18. The first kappa shape index (κ1) is 20.3. The van der Waals surface area contributed by atoms with E-state index >= 15 is 0 Å². The minimum atomic E-state index is 0. The van der Waals surface area contributed by atoms with Crippen molar-refractivity contribution in [2.75, 3.05) is 6.54 Å². The number of carbonyl (C=O) groups excluding carboxylic acids is 1. The average Bonchev–Trinajstić information content (AvgIpc) is 3.15. The zero-order chi connectivity index (χ0) is 14.8. The van der Waals surface area contributed by atoms with E-state index in [0.29, 0.717) is 11.8 Å². The van der Waals surface area contributed by atoms with Crippen molar-refractivity contribution < 1.29 is 4.79 Å². The third kappa shape index (κ3) is 4.40. The number of imidazole rings is 1. The van der Waals surface area contributed by atoms with Gasteiger partial charge in [-0.1, -0.05) is 0 Å². The molecule has 3 rings (SSSR count). The van der Waals surface area contributed by atoms with E-state index in [1.807, 2.05) is 19.3 Å². The molecular weight excluding hydrogens is 335 g/mol. The smallest absolute Gasteiger partial charge is 0.224 e. The van der Waals surface area contributed by atoms with E-state index < -0.39 is 0 Å². The van der Waals surface area contributed by atoms with E-state index in [-0.39, 0.29) is 42.7 Å². The lowest BCUT2D eigenvalue weighted by molar-refractivity contribution is -0.127. The Kier molecular flexibility index (Phi) is 7.84. The molecule has 132 valence electrons. The molecule has 4 atom stereocenters. The van der Waals surface area contributed by atoms with Crippen LogP contribution in [0.5, 0.6) is 0 Å². The van der Waals surface area contributed by atoms with Crippen molar-refractivity contribution in [3.05, 3.63) is 18.2 Å². The normalized spacial score (nSPS) is 28.1. The molecular formula is C16H28Cl2N4O. The molecule has 5 nitrogen and oxygen atoms in total. The maximum absolute atomic E-state index is 12.3. The Morgan fingerprint density at radius 3 is 2.70 bits per heavy atom. The third-order valence-corrected chi connectivity index (χ3v) is 5.33. The van der Waals surface area contributed by atoms with Crippen LogP contribution >= 0.6 is 24.8 Å². The van der Waals surface area contributed by atoms with Gasteiger partial charge in [0, 0.05) is 31.5 Å². The number of nitrogens with two attached hydrogens (primary N) is 1. The minimum Gasteiger partial charge on any atom is -0.356 e. The summed E-state index contributed by atoms with van der Waals surface area (Å²) in [5.41, 5.74) is 6.21. The Morgan fingerprint density at radius 1 is 1.35 bits per heavy atom. The molecule has 0 aliphatic heterocycles. The molecule has 0 spiro atoms. The zero-order valence-electron chi connectivity index (χ0n) is 13.6. The highest BCUT2D eigenvalue weighted by Gasteiger charge is 2.48. The number of hydrogen-bond acceptors (Lipinski definition) is 3. The van der Waals surface area contributed by atoms with Gasteiger partial charge in [0.2, 0.25) is 5.91 Å². The maximum Gasteiger partial charge on any atom is 0.224 e. The van der Waals surface area contributed by atoms with E-state index in [0.717, 1.165) is 31.8 Å². The number of rotatable bonds is 6. The fourth-order valence-electron chi connectivity index (χ4n) is 4.10. The summed E-state index contributed by atoms with van der Waals surface area (Å²) >= 11 is 0. The average molecular weight is 363 g/mol. The second kappa shape index (κ2) is 8.90. The summed E-state index contributed by atoms with van der Waals surface area (Å²) in [5.74, 6) is 2.44. The van der Waals surface area contributed by atoms with Crippen molar-refractivity contribution in [2.24, 2.45) is 23.5 Å². The van der Waals surface area contributed by atoms with Crippen LogP contribution < -0.4 is 11.1 Å². The highest BCUT2D eigenvalue weighted by Crippen LogP contribution is 2.47. The Morgan fingerprint density at radius 2 is 2.09 bits per heavy atom. The van der Waals surface area contributed by atoms with Gasteiger partial charge >= 0.3 is 0 Å². The number of carbonyl (C=O) groups is 1. The first-order chi connectivity index (χ1) is 10.2. The molecule has 0 saturated heterocycles. The summed E-state index contributed by atoms with van der Waals surface area (Å²) in [6, 6.07) is 0.0948. The molecule has 2 aliphatic rings. The van der Waals surface area contributed by atoms with Crippen molar-refractivity contribution >= 4 is 30.7 Å². The van der Waals surface area contributed by atoms with Gasteiger partial charge in [0.05, 0.1) is 5.92 Å². The Hall–Kier alpha value is -0.780. The fraction of sp³-hybridized carbons (Fsp3) is 0.750. The monoisotopic (exact) mass is 362 g/mol. The minimum absolute atomic E-state index is 0. The topological polar surface area (TPSA) is 72.9 Å². The lowest BCUT2D eigenvalue weighted by atomic mass is 9.84. The number of aryl methyl sites for hydroxylation is 2. The molecule has 3 N–H and O–H groups in total. The van der Waals surface area contributed by atoms with Crippen LogP contribution in [0.15, 0.2) is 12.4 Å². The summed E-state index contributed by atoms with van der Waals surface area (Å²) in [6.07, 6.45) is 9.46. The summed E-state index contributed by atoms with van der Waals surface area (Å²) in [6.45, 7) is 3.74. The molecule has 0 aromatic carbocycles. The van der Waals surface area contributed by atoms with Gasteiger partial charge < -0.3 is 15.6 Å². The highest BCUT2D eigenvalue weighted by molar-refractivity contribution is 5.85. The van der Waals surface area contributed by atoms with Crippen LogP contribution in [-0.4, -0.2) is 28.0 Å². The second-order valence-corrected chi connectivity index (χ2v) is 6.60. The van der Waals surface area contributed by atoms with Crippen LogP contribution in [0.2, 0.25) is 0 Å².